The third-order valence-electron chi connectivity index (χ3n) is 1.48. The normalized spacial score (nSPS) is 21.3. The van der Waals surface area contributed by atoms with Gasteiger partial charge in [0.1, 0.15) is 6.10 Å². The van der Waals surface area contributed by atoms with Crippen LogP contribution in [0.3, 0.4) is 0 Å². The lowest BCUT2D eigenvalue weighted by atomic mass is 10.1. The van der Waals surface area contributed by atoms with E-state index >= 15 is 0 Å². The maximum atomic E-state index is 10.2. The Balaban J connectivity index is 2.55. The standard InChI is InChI=1S/C7H7NO4/c9-5-12-7-3-1-6(2-4-7)8(10)11/h1-3,5,7H,4H2. The summed E-state index contributed by atoms with van der Waals surface area (Å²) in [5.74, 6) is 0. The maximum Gasteiger partial charge on any atom is 0.293 e. The zero-order chi connectivity index (χ0) is 8.97. The van der Waals surface area contributed by atoms with Gasteiger partial charge in [-0.05, 0) is 12.2 Å². The first-order valence-corrected chi connectivity index (χ1v) is 3.36. The van der Waals surface area contributed by atoms with Crippen molar-refractivity contribution in [1.82, 2.24) is 0 Å². The molecule has 0 bridgehead atoms. The van der Waals surface area contributed by atoms with Crippen molar-refractivity contribution in [3.05, 3.63) is 34.0 Å². The van der Waals surface area contributed by atoms with Crippen molar-refractivity contribution in [2.75, 3.05) is 0 Å². The molecule has 0 aromatic carbocycles. The molecule has 12 heavy (non-hydrogen) atoms. The van der Waals surface area contributed by atoms with E-state index < -0.39 is 4.92 Å². The first kappa shape index (κ1) is 8.45. The number of hydrogen-bond donors (Lipinski definition) is 0. The number of allylic oxidation sites excluding steroid dienone is 1. The van der Waals surface area contributed by atoms with Gasteiger partial charge in [-0.3, -0.25) is 14.9 Å². The molecule has 0 aromatic rings. The van der Waals surface area contributed by atoms with E-state index in [1.807, 2.05) is 0 Å². The van der Waals surface area contributed by atoms with Gasteiger partial charge in [-0.2, -0.15) is 0 Å². The number of ether oxygens (including phenoxy) is 1. The van der Waals surface area contributed by atoms with Crippen molar-refractivity contribution in [1.29, 1.82) is 0 Å². The predicted molar refractivity (Wildman–Crippen MR) is 39.8 cm³/mol. The molecular weight excluding hydrogens is 162 g/mol. The van der Waals surface area contributed by atoms with Crippen LogP contribution in [-0.4, -0.2) is 17.5 Å². The van der Waals surface area contributed by atoms with E-state index in [-0.39, 0.29) is 11.8 Å². The highest BCUT2D eigenvalue weighted by Crippen LogP contribution is 2.12. The molecule has 0 heterocycles. The van der Waals surface area contributed by atoms with Crippen LogP contribution in [-0.2, 0) is 9.53 Å². The highest BCUT2D eigenvalue weighted by atomic mass is 16.6. The van der Waals surface area contributed by atoms with Crippen LogP contribution >= 0.6 is 0 Å². The van der Waals surface area contributed by atoms with Gasteiger partial charge in [0, 0.05) is 12.5 Å². The van der Waals surface area contributed by atoms with Crippen LogP contribution in [0.4, 0.5) is 0 Å². The van der Waals surface area contributed by atoms with Crippen LogP contribution in [0.2, 0.25) is 0 Å². The van der Waals surface area contributed by atoms with E-state index in [1.54, 1.807) is 0 Å². The summed E-state index contributed by atoms with van der Waals surface area (Å²) in [4.78, 5) is 19.6. The molecule has 0 saturated carbocycles. The maximum absolute atomic E-state index is 10.2. The lowest BCUT2D eigenvalue weighted by Crippen LogP contribution is -2.12. The topological polar surface area (TPSA) is 69.4 Å². The molecule has 1 unspecified atom stereocenters. The van der Waals surface area contributed by atoms with Gasteiger partial charge in [-0.1, -0.05) is 0 Å². The quantitative estimate of drug-likeness (QED) is 0.353. The summed E-state index contributed by atoms with van der Waals surface area (Å²) in [6.45, 7) is 0.333. The Bertz CT molecular complexity index is 256. The van der Waals surface area contributed by atoms with E-state index in [1.165, 1.54) is 18.2 Å². The number of carbonyl (C=O) groups is 1. The van der Waals surface area contributed by atoms with Gasteiger partial charge in [-0.25, -0.2) is 0 Å². The Morgan fingerprint density at radius 2 is 2.50 bits per heavy atom. The second kappa shape index (κ2) is 3.66. The van der Waals surface area contributed by atoms with Crippen molar-refractivity contribution in [2.24, 2.45) is 0 Å². The van der Waals surface area contributed by atoms with Crippen molar-refractivity contribution >= 4 is 6.47 Å². The van der Waals surface area contributed by atoms with Gasteiger partial charge in [0.25, 0.3) is 12.2 Å². The second-order valence-corrected chi connectivity index (χ2v) is 2.25. The fourth-order valence-corrected chi connectivity index (χ4v) is 0.897. The zero-order valence-corrected chi connectivity index (χ0v) is 6.17. The fourth-order valence-electron chi connectivity index (χ4n) is 0.897. The van der Waals surface area contributed by atoms with Crippen LogP contribution in [0.1, 0.15) is 6.42 Å². The summed E-state index contributed by atoms with van der Waals surface area (Å²) in [5.41, 5.74) is 0.0424. The van der Waals surface area contributed by atoms with Gasteiger partial charge in [0.2, 0.25) is 0 Å². The molecule has 5 heteroatoms. The lowest BCUT2D eigenvalue weighted by Gasteiger charge is -2.09. The van der Waals surface area contributed by atoms with Gasteiger partial charge in [0.15, 0.2) is 0 Å². The van der Waals surface area contributed by atoms with E-state index in [2.05, 4.69) is 4.74 Å². The third kappa shape index (κ3) is 1.91. The monoisotopic (exact) mass is 169 g/mol. The number of rotatable bonds is 3. The Morgan fingerprint density at radius 3 is 2.92 bits per heavy atom. The van der Waals surface area contributed by atoms with Crippen molar-refractivity contribution in [3.63, 3.8) is 0 Å². The Labute approximate surface area is 68.5 Å². The van der Waals surface area contributed by atoms with Gasteiger partial charge < -0.3 is 4.74 Å². The van der Waals surface area contributed by atoms with Crippen LogP contribution < -0.4 is 0 Å². The van der Waals surface area contributed by atoms with Crippen molar-refractivity contribution < 1.29 is 14.5 Å². The molecule has 0 amide bonds. The number of nitro groups is 1. The van der Waals surface area contributed by atoms with Crippen LogP contribution in [0.15, 0.2) is 23.9 Å². The molecule has 1 aliphatic rings. The molecule has 0 fully saturated rings. The minimum absolute atomic E-state index is 0.0424. The molecule has 0 aliphatic heterocycles. The van der Waals surface area contributed by atoms with Crippen LogP contribution in [0.25, 0.3) is 0 Å². The lowest BCUT2D eigenvalue weighted by molar-refractivity contribution is -0.419. The SMILES string of the molecule is O=COC1C=CC([N+](=O)[O-])=CC1. The number of nitrogens with zero attached hydrogens (tertiary/aromatic N) is 1. The summed E-state index contributed by atoms with van der Waals surface area (Å²) in [6.07, 6.45) is 4.26. The minimum atomic E-state index is -0.479. The summed E-state index contributed by atoms with van der Waals surface area (Å²) in [6, 6.07) is 0. The summed E-state index contributed by atoms with van der Waals surface area (Å²) >= 11 is 0. The molecular formula is C7H7NO4. The Morgan fingerprint density at radius 1 is 1.75 bits per heavy atom. The van der Waals surface area contributed by atoms with E-state index in [0.29, 0.717) is 12.9 Å². The number of hydrogen-bond acceptors (Lipinski definition) is 4. The highest BCUT2D eigenvalue weighted by Gasteiger charge is 2.14. The van der Waals surface area contributed by atoms with Crippen molar-refractivity contribution in [2.45, 2.75) is 12.5 Å². The first-order chi connectivity index (χ1) is 5.74. The Kier molecular flexibility index (Phi) is 2.57. The van der Waals surface area contributed by atoms with E-state index in [4.69, 9.17) is 0 Å². The third-order valence-corrected chi connectivity index (χ3v) is 1.48. The van der Waals surface area contributed by atoms with Crippen molar-refractivity contribution in [3.8, 4) is 0 Å². The smallest absolute Gasteiger partial charge is 0.293 e. The second-order valence-electron chi connectivity index (χ2n) is 2.25. The van der Waals surface area contributed by atoms with Gasteiger partial charge in [0.05, 0.1) is 4.92 Å². The molecule has 0 radical (unpaired) electrons. The van der Waals surface area contributed by atoms with Crippen LogP contribution in [0, 0.1) is 10.1 Å². The summed E-state index contributed by atoms with van der Waals surface area (Å²) in [7, 11) is 0. The average Bonchev–Trinajstić information content (AvgIpc) is 2.06. The highest BCUT2D eigenvalue weighted by molar-refractivity contribution is 5.38. The summed E-state index contributed by atoms with van der Waals surface area (Å²) in [5, 5.41) is 10.2. The fraction of sp³-hybridized carbons (Fsp3) is 0.286. The van der Waals surface area contributed by atoms with Gasteiger partial charge >= 0.3 is 0 Å². The molecule has 1 rings (SSSR count). The molecule has 0 spiro atoms. The summed E-state index contributed by atoms with van der Waals surface area (Å²) < 4.78 is 4.58. The largest absolute Gasteiger partial charge is 0.460 e. The predicted octanol–water partition coefficient (Wildman–Crippen LogP) is 0.648. The van der Waals surface area contributed by atoms with Gasteiger partial charge in [-0.15, -0.1) is 0 Å². The van der Waals surface area contributed by atoms with E-state index in [9.17, 15) is 14.9 Å². The molecule has 5 nitrogen and oxygen atoms in total. The van der Waals surface area contributed by atoms with E-state index in [0.717, 1.165) is 0 Å². The first-order valence-electron chi connectivity index (χ1n) is 3.36. The molecule has 0 N–H and O–H groups in total. The molecule has 0 aromatic heterocycles. The number of carbonyl (C=O) groups excluding carboxylic acids is 1. The molecule has 64 valence electrons. The molecule has 1 aliphatic carbocycles. The Hall–Kier alpha value is -1.65. The molecule has 1 atom stereocenters. The molecule has 0 saturated heterocycles. The van der Waals surface area contributed by atoms with Crippen LogP contribution in [0.5, 0.6) is 0 Å². The minimum Gasteiger partial charge on any atom is -0.460 e. The zero-order valence-electron chi connectivity index (χ0n) is 6.17. The average molecular weight is 169 g/mol.